The number of carbonyl (C=O) groups is 1. The van der Waals surface area contributed by atoms with Crippen LogP contribution in [0.4, 0.5) is 0 Å². The molecule has 3 rings (SSSR count). The molecule has 4 nitrogen and oxygen atoms in total. The summed E-state index contributed by atoms with van der Waals surface area (Å²) >= 11 is 0. The van der Waals surface area contributed by atoms with E-state index in [1.807, 2.05) is 23.1 Å². The van der Waals surface area contributed by atoms with Crippen molar-refractivity contribution < 1.29 is 9.53 Å². The van der Waals surface area contributed by atoms with Gasteiger partial charge in [-0.2, -0.15) is 0 Å². The van der Waals surface area contributed by atoms with E-state index >= 15 is 0 Å². The zero-order valence-electron chi connectivity index (χ0n) is 14.6. The molecule has 0 aromatic heterocycles. The van der Waals surface area contributed by atoms with Gasteiger partial charge in [0, 0.05) is 19.5 Å². The molecule has 1 aliphatic rings. The minimum Gasteiger partial charge on any atom is -0.374 e. The molecular formula is C21H26N2O2. The summed E-state index contributed by atoms with van der Waals surface area (Å²) in [4.78, 5) is 14.4. The number of aryl methyl sites for hydroxylation is 1. The van der Waals surface area contributed by atoms with Crippen molar-refractivity contribution >= 4 is 5.91 Å². The number of rotatable bonds is 6. The summed E-state index contributed by atoms with van der Waals surface area (Å²) in [7, 11) is 0. The van der Waals surface area contributed by atoms with Crippen LogP contribution in [0.1, 0.15) is 18.4 Å². The average molecular weight is 338 g/mol. The van der Waals surface area contributed by atoms with Crippen LogP contribution in [0.2, 0.25) is 0 Å². The van der Waals surface area contributed by atoms with E-state index in [1.165, 1.54) is 16.7 Å². The smallest absolute Gasteiger partial charge is 0.223 e. The third kappa shape index (κ3) is 4.91. The lowest BCUT2D eigenvalue weighted by Crippen LogP contribution is -2.46. The Morgan fingerprint density at radius 1 is 1.08 bits per heavy atom. The summed E-state index contributed by atoms with van der Waals surface area (Å²) < 4.78 is 5.64. The average Bonchev–Trinajstić information content (AvgIpc) is 2.68. The topological polar surface area (TPSA) is 55.6 Å². The van der Waals surface area contributed by atoms with Crippen molar-refractivity contribution in [1.29, 1.82) is 0 Å². The molecule has 1 atom stereocenters. The van der Waals surface area contributed by atoms with Gasteiger partial charge < -0.3 is 15.4 Å². The number of benzene rings is 2. The minimum absolute atomic E-state index is 0.0906. The van der Waals surface area contributed by atoms with Crippen molar-refractivity contribution in [1.82, 2.24) is 4.90 Å². The quantitative estimate of drug-likeness (QED) is 0.881. The van der Waals surface area contributed by atoms with Crippen LogP contribution in [-0.4, -0.2) is 43.2 Å². The number of amides is 1. The molecule has 1 aliphatic heterocycles. The van der Waals surface area contributed by atoms with Crippen molar-refractivity contribution in [2.45, 2.75) is 25.4 Å². The molecule has 0 radical (unpaired) electrons. The maximum absolute atomic E-state index is 12.4. The number of hydrogen-bond acceptors (Lipinski definition) is 3. The highest BCUT2D eigenvalue weighted by Gasteiger charge is 2.23. The van der Waals surface area contributed by atoms with Crippen LogP contribution in [-0.2, 0) is 16.0 Å². The zero-order chi connectivity index (χ0) is 17.5. The van der Waals surface area contributed by atoms with Gasteiger partial charge in [-0.05, 0) is 36.1 Å². The van der Waals surface area contributed by atoms with Gasteiger partial charge in [-0.3, -0.25) is 4.79 Å². The predicted molar refractivity (Wildman–Crippen MR) is 100 cm³/mol. The summed E-state index contributed by atoms with van der Waals surface area (Å²) in [5.74, 6) is 0.206. The fraction of sp³-hybridized carbons (Fsp3) is 0.381. The van der Waals surface area contributed by atoms with Crippen LogP contribution >= 0.6 is 0 Å². The van der Waals surface area contributed by atoms with Gasteiger partial charge >= 0.3 is 0 Å². The number of hydrogen-bond donors (Lipinski definition) is 1. The zero-order valence-corrected chi connectivity index (χ0v) is 14.6. The lowest BCUT2D eigenvalue weighted by molar-refractivity contribution is -0.138. The van der Waals surface area contributed by atoms with E-state index in [9.17, 15) is 4.79 Å². The molecule has 0 bridgehead atoms. The second-order valence-corrected chi connectivity index (χ2v) is 6.47. The molecule has 2 aromatic rings. The van der Waals surface area contributed by atoms with Crippen molar-refractivity contribution in [3.8, 4) is 11.1 Å². The number of nitrogens with zero attached hydrogens (tertiary/aromatic N) is 1. The Bertz CT molecular complexity index is 668. The minimum atomic E-state index is 0.0906. The molecule has 2 N–H and O–H groups in total. The second kappa shape index (κ2) is 8.79. The predicted octanol–water partition coefficient (Wildman–Crippen LogP) is 2.86. The van der Waals surface area contributed by atoms with Gasteiger partial charge in [0.1, 0.15) is 0 Å². The third-order valence-corrected chi connectivity index (χ3v) is 4.67. The Hall–Kier alpha value is -2.17. The monoisotopic (exact) mass is 338 g/mol. The van der Waals surface area contributed by atoms with E-state index in [2.05, 4.69) is 36.4 Å². The van der Waals surface area contributed by atoms with E-state index in [4.69, 9.17) is 10.5 Å². The summed E-state index contributed by atoms with van der Waals surface area (Å²) in [6, 6.07) is 18.8. The molecule has 0 aliphatic carbocycles. The molecule has 1 heterocycles. The molecule has 4 heteroatoms. The highest BCUT2D eigenvalue weighted by atomic mass is 16.5. The van der Waals surface area contributed by atoms with E-state index in [0.29, 0.717) is 32.7 Å². The maximum Gasteiger partial charge on any atom is 0.223 e. The van der Waals surface area contributed by atoms with Gasteiger partial charge in [0.15, 0.2) is 0 Å². The lowest BCUT2D eigenvalue weighted by atomic mass is 10.0. The molecule has 1 amide bonds. The molecule has 25 heavy (non-hydrogen) atoms. The normalized spacial score (nSPS) is 17.5. The molecule has 132 valence electrons. The fourth-order valence-electron chi connectivity index (χ4n) is 3.21. The molecule has 2 aromatic carbocycles. The summed E-state index contributed by atoms with van der Waals surface area (Å²) in [6.07, 6.45) is 2.21. The highest BCUT2D eigenvalue weighted by molar-refractivity contribution is 5.76. The summed E-state index contributed by atoms with van der Waals surface area (Å²) in [5.41, 5.74) is 9.20. The molecule has 1 fully saturated rings. The van der Waals surface area contributed by atoms with Crippen LogP contribution in [0, 0.1) is 0 Å². The van der Waals surface area contributed by atoms with Crippen molar-refractivity contribution in [2.24, 2.45) is 5.73 Å². The Morgan fingerprint density at radius 2 is 1.80 bits per heavy atom. The van der Waals surface area contributed by atoms with Crippen LogP contribution in [0.5, 0.6) is 0 Å². The maximum atomic E-state index is 12.4. The lowest BCUT2D eigenvalue weighted by Gasteiger charge is -2.33. The summed E-state index contributed by atoms with van der Waals surface area (Å²) in [6.45, 7) is 2.57. The Balaban J connectivity index is 1.52. The van der Waals surface area contributed by atoms with Crippen molar-refractivity contribution in [3.63, 3.8) is 0 Å². The first-order valence-corrected chi connectivity index (χ1v) is 9.00. The van der Waals surface area contributed by atoms with Crippen LogP contribution < -0.4 is 5.73 Å². The van der Waals surface area contributed by atoms with Gasteiger partial charge in [-0.1, -0.05) is 54.6 Å². The van der Waals surface area contributed by atoms with E-state index in [1.54, 1.807) is 0 Å². The number of morpholine rings is 1. The first-order chi connectivity index (χ1) is 12.3. The highest BCUT2D eigenvalue weighted by Crippen LogP contribution is 2.20. The van der Waals surface area contributed by atoms with Crippen LogP contribution in [0.15, 0.2) is 54.6 Å². The first-order valence-electron chi connectivity index (χ1n) is 9.00. The second-order valence-electron chi connectivity index (χ2n) is 6.47. The molecule has 1 saturated heterocycles. The standard InChI is InChI=1S/C21H26N2O2/c22-13-12-20-16-23(14-15-25-20)21(24)11-8-17-6-9-19(10-7-17)18-4-2-1-3-5-18/h1-7,9-10,20H,8,11-16,22H2. The molecule has 0 saturated carbocycles. The third-order valence-electron chi connectivity index (χ3n) is 4.67. The first kappa shape index (κ1) is 17.6. The fourth-order valence-corrected chi connectivity index (χ4v) is 3.21. The number of nitrogens with two attached hydrogens (primary N) is 1. The van der Waals surface area contributed by atoms with Gasteiger partial charge in [0.25, 0.3) is 0 Å². The van der Waals surface area contributed by atoms with Gasteiger partial charge in [0.05, 0.1) is 12.7 Å². The SMILES string of the molecule is NCCC1CN(C(=O)CCc2ccc(-c3ccccc3)cc2)CCO1. The van der Waals surface area contributed by atoms with Gasteiger partial charge in [0.2, 0.25) is 5.91 Å². The van der Waals surface area contributed by atoms with Crippen molar-refractivity contribution in [3.05, 3.63) is 60.2 Å². The Kier molecular flexibility index (Phi) is 6.20. The van der Waals surface area contributed by atoms with E-state index in [0.717, 1.165) is 12.8 Å². The van der Waals surface area contributed by atoms with E-state index < -0.39 is 0 Å². The van der Waals surface area contributed by atoms with Gasteiger partial charge in [-0.15, -0.1) is 0 Å². The molecular weight excluding hydrogens is 312 g/mol. The van der Waals surface area contributed by atoms with Gasteiger partial charge in [-0.25, -0.2) is 0 Å². The number of ether oxygens (including phenoxy) is 1. The van der Waals surface area contributed by atoms with E-state index in [-0.39, 0.29) is 12.0 Å². The molecule has 0 spiro atoms. The number of carbonyl (C=O) groups excluding carboxylic acids is 1. The van der Waals surface area contributed by atoms with Crippen LogP contribution in [0.3, 0.4) is 0 Å². The largest absolute Gasteiger partial charge is 0.374 e. The Labute approximate surface area is 149 Å². The van der Waals surface area contributed by atoms with Crippen molar-refractivity contribution in [2.75, 3.05) is 26.2 Å². The van der Waals surface area contributed by atoms with Crippen LogP contribution in [0.25, 0.3) is 11.1 Å². The summed E-state index contributed by atoms with van der Waals surface area (Å²) in [5, 5.41) is 0. The molecule has 1 unspecified atom stereocenters. The Morgan fingerprint density at radius 3 is 2.52 bits per heavy atom.